The van der Waals surface area contributed by atoms with Crippen LogP contribution in [-0.4, -0.2) is 27.3 Å². The summed E-state index contributed by atoms with van der Waals surface area (Å²) in [7, 11) is 0. The van der Waals surface area contributed by atoms with E-state index in [0.29, 0.717) is 3.57 Å². The van der Waals surface area contributed by atoms with E-state index in [-0.39, 0.29) is 18.3 Å². The number of aromatic carboxylic acids is 2. The summed E-state index contributed by atoms with van der Waals surface area (Å²) in [5.74, 6) is -2.96. The second kappa shape index (κ2) is 5.20. The molecule has 0 saturated carbocycles. The van der Waals surface area contributed by atoms with Crippen LogP contribution in [0.5, 0.6) is 5.75 Å². The molecule has 0 atom stereocenters. The van der Waals surface area contributed by atoms with E-state index in [0.717, 1.165) is 0 Å². The van der Waals surface area contributed by atoms with Crippen LogP contribution < -0.4 is 0 Å². The molecule has 0 bridgehead atoms. The van der Waals surface area contributed by atoms with E-state index >= 15 is 0 Å². The van der Waals surface area contributed by atoms with E-state index in [1.165, 1.54) is 0 Å². The van der Waals surface area contributed by atoms with Crippen molar-refractivity contribution in [2.24, 2.45) is 0 Å². The van der Waals surface area contributed by atoms with Crippen molar-refractivity contribution >= 4 is 79.7 Å². The number of benzene rings is 1. The Morgan fingerprint density at radius 3 is 1.62 bits per heavy atom. The lowest BCUT2D eigenvalue weighted by atomic mass is 10.1. The fourth-order valence-corrected chi connectivity index (χ4v) is 3.83. The number of hydrogen-bond donors (Lipinski definition) is 3. The largest absolute Gasteiger partial charge is 0.506 e. The van der Waals surface area contributed by atoms with Crippen molar-refractivity contribution in [1.82, 2.24) is 0 Å². The zero-order valence-corrected chi connectivity index (χ0v) is 13.8. The first-order valence-electron chi connectivity index (χ1n) is 3.65. The van der Waals surface area contributed by atoms with Crippen LogP contribution >= 0.6 is 67.8 Å². The molecule has 1 rings (SSSR count). The van der Waals surface area contributed by atoms with Gasteiger partial charge in [0.15, 0.2) is 0 Å². The molecule has 0 saturated heterocycles. The molecule has 3 N–H and O–H groups in total. The van der Waals surface area contributed by atoms with Crippen molar-refractivity contribution in [3.05, 3.63) is 21.8 Å². The number of halogens is 3. The highest BCUT2D eigenvalue weighted by molar-refractivity contribution is 14.1. The minimum absolute atomic E-state index is 0.0277. The van der Waals surface area contributed by atoms with E-state index in [4.69, 9.17) is 10.2 Å². The molecule has 0 fully saturated rings. The third kappa shape index (κ3) is 2.37. The number of phenols is 1. The zero-order chi connectivity index (χ0) is 12.6. The molecule has 0 radical (unpaired) electrons. The first kappa shape index (κ1) is 14.2. The predicted octanol–water partition coefficient (Wildman–Crippen LogP) is 2.60. The molecule has 1 aromatic carbocycles. The molecule has 0 aliphatic heterocycles. The van der Waals surface area contributed by atoms with Gasteiger partial charge in [-0.15, -0.1) is 0 Å². The van der Waals surface area contributed by atoms with Crippen molar-refractivity contribution in [1.29, 1.82) is 0 Å². The van der Waals surface area contributed by atoms with Gasteiger partial charge in [0, 0.05) is 7.14 Å². The molecule has 0 aromatic heterocycles. The minimum atomic E-state index is -1.35. The molecule has 16 heavy (non-hydrogen) atoms. The Hall–Kier alpha value is 0.150. The summed E-state index contributed by atoms with van der Waals surface area (Å²) >= 11 is 5.09. The number of hydrogen-bond acceptors (Lipinski definition) is 3. The van der Waals surface area contributed by atoms with E-state index in [1.807, 2.05) is 0 Å². The molecule has 0 heterocycles. The van der Waals surface area contributed by atoms with Gasteiger partial charge in [-0.3, -0.25) is 0 Å². The van der Waals surface area contributed by atoms with E-state index in [9.17, 15) is 14.7 Å². The van der Waals surface area contributed by atoms with Crippen molar-refractivity contribution in [2.75, 3.05) is 0 Å². The van der Waals surface area contributed by atoms with Gasteiger partial charge in [-0.1, -0.05) is 0 Å². The topological polar surface area (TPSA) is 94.8 Å². The second-order valence-electron chi connectivity index (χ2n) is 2.65. The number of rotatable bonds is 2. The molecule has 0 aliphatic rings. The monoisotopic (exact) mass is 560 g/mol. The van der Waals surface area contributed by atoms with Gasteiger partial charge >= 0.3 is 11.9 Å². The SMILES string of the molecule is O=C(O)c1c(O)c(I)c(I)c(C(=O)O)c1I. The Morgan fingerprint density at radius 2 is 1.25 bits per heavy atom. The lowest BCUT2D eigenvalue weighted by Gasteiger charge is -2.11. The first-order valence-corrected chi connectivity index (χ1v) is 6.88. The zero-order valence-electron chi connectivity index (χ0n) is 7.29. The highest BCUT2D eigenvalue weighted by Crippen LogP contribution is 2.36. The van der Waals surface area contributed by atoms with Gasteiger partial charge < -0.3 is 15.3 Å². The summed E-state index contributed by atoms with van der Waals surface area (Å²) in [6, 6.07) is 0. The molecule has 5 nitrogen and oxygen atoms in total. The van der Waals surface area contributed by atoms with Crippen LogP contribution in [0, 0.1) is 10.7 Å². The van der Waals surface area contributed by atoms with Crippen LogP contribution in [0.25, 0.3) is 0 Å². The average Bonchev–Trinajstić information content (AvgIpc) is 2.13. The Bertz CT molecular complexity index is 456. The molecule has 1 aromatic rings. The van der Waals surface area contributed by atoms with Gasteiger partial charge in [0.05, 0.1) is 9.13 Å². The van der Waals surface area contributed by atoms with Gasteiger partial charge in [-0.2, -0.15) is 0 Å². The summed E-state index contributed by atoms with van der Waals surface area (Å²) in [5.41, 5.74) is -0.469. The number of aromatic hydroxyl groups is 1. The molecule has 86 valence electrons. The Kier molecular flexibility index (Phi) is 4.62. The van der Waals surface area contributed by atoms with E-state index < -0.39 is 17.7 Å². The molecule has 0 amide bonds. The Morgan fingerprint density at radius 1 is 0.812 bits per heavy atom. The maximum absolute atomic E-state index is 11.0. The smallest absolute Gasteiger partial charge is 0.340 e. The normalized spacial score (nSPS) is 10.2. The average molecular weight is 560 g/mol. The second-order valence-corrected chi connectivity index (χ2v) is 5.89. The van der Waals surface area contributed by atoms with Crippen LogP contribution in [0.3, 0.4) is 0 Å². The van der Waals surface area contributed by atoms with Gasteiger partial charge in [-0.05, 0) is 67.8 Å². The Labute approximate surface area is 131 Å². The Balaban J connectivity index is 3.80. The van der Waals surface area contributed by atoms with Crippen molar-refractivity contribution in [3.8, 4) is 5.75 Å². The van der Waals surface area contributed by atoms with Crippen LogP contribution in [0.2, 0.25) is 0 Å². The summed E-state index contributed by atoms with van der Waals surface area (Å²) < 4.78 is 0.589. The summed E-state index contributed by atoms with van der Waals surface area (Å²) in [4.78, 5) is 21.9. The van der Waals surface area contributed by atoms with E-state index in [2.05, 4.69) is 0 Å². The molecule has 0 aliphatic carbocycles. The number of carbonyl (C=O) groups is 2. The van der Waals surface area contributed by atoms with Gasteiger partial charge in [-0.25, -0.2) is 9.59 Å². The van der Waals surface area contributed by atoms with Crippen molar-refractivity contribution in [3.63, 3.8) is 0 Å². The summed E-state index contributed by atoms with van der Waals surface area (Å²) in [6.07, 6.45) is 0. The number of carboxylic acids is 2. The van der Waals surface area contributed by atoms with Crippen LogP contribution in [0.1, 0.15) is 20.7 Å². The van der Waals surface area contributed by atoms with Gasteiger partial charge in [0.2, 0.25) is 0 Å². The maximum atomic E-state index is 11.0. The summed E-state index contributed by atoms with van der Waals surface area (Å²) in [6.45, 7) is 0. The fourth-order valence-electron chi connectivity index (χ4n) is 1.03. The lowest BCUT2D eigenvalue weighted by Crippen LogP contribution is -2.11. The summed E-state index contributed by atoms with van der Waals surface area (Å²) in [5, 5.41) is 27.5. The molecule has 8 heteroatoms. The highest BCUT2D eigenvalue weighted by Gasteiger charge is 2.27. The van der Waals surface area contributed by atoms with Crippen molar-refractivity contribution < 1.29 is 24.9 Å². The van der Waals surface area contributed by atoms with Crippen LogP contribution in [0.4, 0.5) is 0 Å². The fraction of sp³-hybridized carbons (Fsp3) is 0. The highest BCUT2D eigenvalue weighted by atomic mass is 127. The van der Waals surface area contributed by atoms with Gasteiger partial charge in [0.25, 0.3) is 0 Å². The molecular weight excluding hydrogens is 557 g/mol. The van der Waals surface area contributed by atoms with Gasteiger partial charge in [0.1, 0.15) is 11.3 Å². The van der Waals surface area contributed by atoms with Crippen LogP contribution in [-0.2, 0) is 0 Å². The minimum Gasteiger partial charge on any atom is -0.506 e. The maximum Gasteiger partial charge on any atom is 0.340 e. The lowest BCUT2D eigenvalue weighted by molar-refractivity contribution is 0.0692. The quantitative estimate of drug-likeness (QED) is 0.383. The molecular formula is C8H3I3O5. The van der Waals surface area contributed by atoms with Crippen molar-refractivity contribution in [2.45, 2.75) is 0 Å². The third-order valence-corrected chi connectivity index (χ3v) is 5.96. The van der Waals surface area contributed by atoms with E-state index in [1.54, 1.807) is 67.8 Å². The predicted molar refractivity (Wildman–Crippen MR) is 80.2 cm³/mol. The number of carboxylic acid groups (broad SMARTS) is 2. The van der Waals surface area contributed by atoms with Crippen LogP contribution in [0.15, 0.2) is 0 Å². The third-order valence-electron chi connectivity index (χ3n) is 1.72. The molecule has 0 unspecified atom stereocenters. The standard InChI is InChI=1S/C8H3I3O5/c9-3-1(7(13)14)4(10)5(11)6(12)2(3)8(15)16/h12H,(H,13,14)(H,15,16). The molecule has 0 spiro atoms. The first-order chi connectivity index (χ1) is 7.29.